The van der Waals surface area contributed by atoms with E-state index in [4.69, 9.17) is 4.98 Å². The quantitative estimate of drug-likeness (QED) is 0.264. The number of aromatic nitrogens is 3. The van der Waals surface area contributed by atoms with E-state index in [0.29, 0.717) is 23.3 Å². The number of hydrogen-bond donors (Lipinski definition) is 0. The van der Waals surface area contributed by atoms with E-state index < -0.39 is 0 Å². The second-order valence-electron chi connectivity index (χ2n) is 7.35. The monoisotopic (exact) mass is 413 g/mol. The van der Waals surface area contributed by atoms with Crippen LogP contribution in [0.15, 0.2) is 40.9 Å². The first kappa shape index (κ1) is 19.2. The summed E-state index contributed by atoms with van der Waals surface area (Å²) in [5.74, 6) is 0.915. The van der Waals surface area contributed by atoms with Gasteiger partial charge >= 0.3 is 0 Å². The molecule has 0 aromatic carbocycles. The molecular formula is C21H23N3O2S2. The number of thiophene rings is 1. The van der Waals surface area contributed by atoms with Gasteiger partial charge in [-0.3, -0.25) is 14.2 Å². The molecule has 7 heteroatoms. The predicted molar refractivity (Wildman–Crippen MR) is 116 cm³/mol. The molecule has 0 saturated heterocycles. The zero-order valence-corrected chi connectivity index (χ0v) is 17.7. The van der Waals surface area contributed by atoms with Crippen LogP contribution >= 0.6 is 23.1 Å². The molecule has 28 heavy (non-hydrogen) atoms. The van der Waals surface area contributed by atoms with Crippen molar-refractivity contribution < 1.29 is 4.79 Å². The fourth-order valence-corrected chi connectivity index (χ4v) is 6.07. The SMILES string of the molecule is C=CCn1c(SCC(=O)c2cccn2C)nc2sc3c(c2c1=O)CCC(C)C3. The highest BCUT2D eigenvalue weighted by Crippen LogP contribution is 2.36. The lowest BCUT2D eigenvalue weighted by atomic mass is 9.89. The van der Waals surface area contributed by atoms with E-state index in [2.05, 4.69) is 13.5 Å². The summed E-state index contributed by atoms with van der Waals surface area (Å²) in [5, 5.41) is 1.36. The van der Waals surface area contributed by atoms with Gasteiger partial charge in [-0.05, 0) is 42.9 Å². The van der Waals surface area contributed by atoms with Crippen molar-refractivity contribution in [1.29, 1.82) is 0 Å². The van der Waals surface area contributed by atoms with Crippen molar-refractivity contribution in [1.82, 2.24) is 14.1 Å². The largest absolute Gasteiger partial charge is 0.348 e. The smallest absolute Gasteiger partial charge is 0.263 e. The summed E-state index contributed by atoms with van der Waals surface area (Å²) in [6.07, 6.45) is 6.64. The van der Waals surface area contributed by atoms with Gasteiger partial charge in [0.1, 0.15) is 4.83 Å². The Morgan fingerprint density at radius 3 is 3.04 bits per heavy atom. The van der Waals surface area contributed by atoms with Gasteiger partial charge in [0.25, 0.3) is 5.56 Å². The fraction of sp³-hybridized carbons (Fsp3) is 0.381. The maximum absolute atomic E-state index is 13.3. The van der Waals surface area contributed by atoms with Gasteiger partial charge in [0.15, 0.2) is 10.9 Å². The Labute approximate surface area is 172 Å². The normalized spacial score (nSPS) is 16.3. The van der Waals surface area contributed by atoms with Crippen LogP contribution in [-0.4, -0.2) is 25.7 Å². The predicted octanol–water partition coefficient (Wildman–Crippen LogP) is 4.08. The molecule has 1 atom stereocenters. The van der Waals surface area contributed by atoms with Crippen molar-refractivity contribution in [3.05, 3.63) is 57.5 Å². The highest BCUT2D eigenvalue weighted by atomic mass is 32.2. The standard InChI is InChI=1S/C21H23N3O2S2/c1-4-9-24-20(26)18-14-8-7-13(2)11-17(14)28-19(18)22-21(24)27-12-16(25)15-6-5-10-23(15)3/h4-6,10,13H,1,7-9,11-12H2,2-3H3. The summed E-state index contributed by atoms with van der Waals surface area (Å²) in [7, 11) is 1.85. The molecule has 146 valence electrons. The summed E-state index contributed by atoms with van der Waals surface area (Å²) in [4.78, 5) is 32.7. The van der Waals surface area contributed by atoms with E-state index in [0.717, 1.165) is 29.5 Å². The summed E-state index contributed by atoms with van der Waals surface area (Å²) in [6, 6.07) is 3.66. The zero-order valence-electron chi connectivity index (χ0n) is 16.1. The molecule has 0 spiro atoms. The number of thioether (sulfide) groups is 1. The molecule has 0 radical (unpaired) electrons. The molecule has 3 aromatic rings. The molecule has 0 fully saturated rings. The number of Topliss-reactive ketones (excluding diaryl/α,β-unsaturated/α-hetero) is 1. The maximum Gasteiger partial charge on any atom is 0.263 e. The minimum Gasteiger partial charge on any atom is -0.348 e. The molecule has 0 aliphatic heterocycles. The molecule has 4 rings (SSSR count). The second-order valence-corrected chi connectivity index (χ2v) is 9.37. The van der Waals surface area contributed by atoms with Crippen molar-refractivity contribution in [2.75, 3.05) is 5.75 Å². The summed E-state index contributed by atoms with van der Waals surface area (Å²) < 4.78 is 3.47. The Balaban J connectivity index is 1.72. The third-order valence-corrected chi connectivity index (χ3v) is 7.38. The van der Waals surface area contributed by atoms with Crippen molar-refractivity contribution in [2.45, 2.75) is 37.9 Å². The number of carbonyl (C=O) groups excluding carboxylic acids is 1. The maximum atomic E-state index is 13.3. The lowest BCUT2D eigenvalue weighted by Crippen LogP contribution is -2.24. The van der Waals surface area contributed by atoms with Crippen LogP contribution in [0.3, 0.4) is 0 Å². The van der Waals surface area contributed by atoms with E-state index in [1.54, 1.807) is 22.0 Å². The molecule has 0 bridgehead atoms. The molecule has 0 amide bonds. The molecule has 3 heterocycles. The van der Waals surface area contributed by atoms with Gasteiger partial charge in [0.2, 0.25) is 0 Å². The van der Waals surface area contributed by atoms with Gasteiger partial charge in [0, 0.05) is 24.7 Å². The van der Waals surface area contributed by atoms with Gasteiger partial charge in [0.05, 0.1) is 16.8 Å². The molecule has 1 aliphatic rings. The molecule has 1 unspecified atom stereocenters. The lowest BCUT2D eigenvalue weighted by molar-refractivity contribution is 0.101. The van der Waals surface area contributed by atoms with Gasteiger partial charge in [-0.2, -0.15) is 0 Å². The Bertz CT molecular complexity index is 1120. The minimum atomic E-state index is -0.00855. The highest BCUT2D eigenvalue weighted by molar-refractivity contribution is 7.99. The van der Waals surface area contributed by atoms with Crippen LogP contribution in [0.4, 0.5) is 0 Å². The average Bonchev–Trinajstić information content (AvgIpc) is 3.25. The number of aryl methyl sites for hydroxylation is 2. The number of hydrogen-bond acceptors (Lipinski definition) is 5. The fourth-order valence-electron chi connectivity index (χ4n) is 3.76. The van der Waals surface area contributed by atoms with Crippen LogP contribution < -0.4 is 5.56 Å². The first-order chi connectivity index (χ1) is 13.5. The number of fused-ring (bicyclic) bond motifs is 3. The number of carbonyl (C=O) groups is 1. The molecule has 0 saturated carbocycles. The van der Waals surface area contributed by atoms with E-state index in [1.807, 2.05) is 29.9 Å². The van der Waals surface area contributed by atoms with E-state index in [-0.39, 0.29) is 17.1 Å². The average molecular weight is 414 g/mol. The van der Waals surface area contributed by atoms with Crippen LogP contribution in [0.2, 0.25) is 0 Å². The van der Waals surface area contributed by atoms with Gasteiger partial charge in [-0.1, -0.05) is 24.8 Å². The molecule has 1 aliphatic carbocycles. The molecular weight excluding hydrogens is 390 g/mol. The number of ketones is 1. The van der Waals surface area contributed by atoms with E-state index in [9.17, 15) is 9.59 Å². The Morgan fingerprint density at radius 1 is 1.50 bits per heavy atom. The Morgan fingerprint density at radius 2 is 2.32 bits per heavy atom. The minimum absolute atomic E-state index is 0.00855. The number of rotatable bonds is 6. The summed E-state index contributed by atoms with van der Waals surface area (Å²) in [5.41, 5.74) is 1.84. The van der Waals surface area contributed by atoms with Crippen LogP contribution in [0.1, 0.15) is 34.3 Å². The number of allylic oxidation sites excluding steroid dienone is 1. The second kappa shape index (κ2) is 7.72. The molecule has 5 nitrogen and oxygen atoms in total. The first-order valence-corrected chi connectivity index (χ1v) is 11.2. The van der Waals surface area contributed by atoms with E-state index in [1.165, 1.54) is 22.2 Å². The van der Waals surface area contributed by atoms with Crippen LogP contribution in [0.5, 0.6) is 0 Å². The highest BCUT2D eigenvalue weighted by Gasteiger charge is 2.24. The van der Waals surface area contributed by atoms with Gasteiger partial charge in [-0.25, -0.2) is 4.98 Å². The number of nitrogens with zero attached hydrogens (tertiary/aromatic N) is 3. The van der Waals surface area contributed by atoms with Crippen LogP contribution in [0.25, 0.3) is 10.2 Å². The topological polar surface area (TPSA) is 56.9 Å². The first-order valence-electron chi connectivity index (χ1n) is 9.43. The van der Waals surface area contributed by atoms with Gasteiger partial charge in [-0.15, -0.1) is 17.9 Å². The summed E-state index contributed by atoms with van der Waals surface area (Å²) in [6.45, 7) is 6.44. The van der Waals surface area contributed by atoms with Crippen molar-refractivity contribution in [2.24, 2.45) is 13.0 Å². The third kappa shape index (κ3) is 3.37. The Hall–Kier alpha value is -2.12. The lowest BCUT2D eigenvalue weighted by Gasteiger charge is -2.17. The van der Waals surface area contributed by atoms with Gasteiger partial charge < -0.3 is 4.57 Å². The van der Waals surface area contributed by atoms with Crippen LogP contribution in [-0.2, 0) is 26.4 Å². The van der Waals surface area contributed by atoms with Crippen LogP contribution in [0, 0.1) is 5.92 Å². The van der Waals surface area contributed by atoms with E-state index >= 15 is 0 Å². The molecule has 3 aromatic heterocycles. The van der Waals surface area contributed by atoms with Crippen molar-refractivity contribution >= 4 is 39.1 Å². The molecule has 0 N–H and O–H groups in total. The Kier molecular flexibility index (Phi) is 5.29. The van der Waals surface area contributed by atoms with Crippen molar-refractivity contribution in [3.8, 4) is 0 Å². The third-order valence-electron chi connectivity index (χ3n) is 5.25. The zero-order chi connectivity index (χ0) is 19.8. The van der Waals surface area contributed by atoms with Crippen molar-refractivity contribution in [3.63, 3.8) is 0 Å². The summed E-state index contributed by atoms with van der Waals surface area (Å²) >= 11 is 2.97.